The van der Waals surface area contributed by atoms with Gasteiger partial charge in [-0.15, -0.1) is 0 Å². The lowest BCUT2D eigenvalue weighted by Gasteiger charge is -2.22. The first-order chi connectivity index (χ1) is 7.19. The van der Waals surface area contributed by atoms with Gasteiger partial charge in [-0.05, 0) is 17.7 Å². The van der Waals surface area contributed by atoms with Gasteiger partial charge >= 0.3 is 0 Å². The first-order valence-electron chi connectivity index (χ1n) is 4.90. The maximum absolute atomic E-state index is 5.51. The molecule has 0 heterocycles. The number of nitrogens with zero attached hydrogens (tertiary/aromatic N) is 1. The summed E-state index contributed by atoms with van der Waals surface area (Å²) in [6.07, 6.45) is 0. The van der Waals surface area contributed by atoms with Crippen LogP contribution in [0.4, 0.5) is 5.69 Å². The van der Waals surface area contributed by atoms with Gasteiger partial charge in [-0.1, -0.05) is 18.7 Å². The normalized spacial score (nSPS) is 9.80. The van der Waals surface area contributed by atoms with Crippen LogP contribution >= 0.6 is 0 Å². The molecule has 1 aromatic rings. The molecule has 0 aromatic heterocycles. The molecule has 0 fully saturated rings. The third kappa shape index (κ3) is 2.99. The second-order valence-corrected chi connectivity index (χ2v) is 3.48. The summed E-state index contributed by atoms with van der Waals surface area (Å²) >= 11 is 0. The molecule has 0 bridgehead atoms. The molecule has 0 aliphatic rings. The zero-order valence-electron chi connectivity index (χ0n) is 9.36. The summed E-state index contributed by atoms with van der Waals surface area (Å²) in [6.45, 7) is 5.15. The Hall–Kier alpha value is -1.48. The smallest absolute Gasteiger partial charge is 0.142 e. The molecule has 1 aromatic carbocycles. The van der Waals surface area contributed by atoms with Gasteiger partial charge in [0.25, 0.3) is 0 Å². The molecule has 0 unspecified atom stereocenters. The average molecular weight is 206 g/mol. The van der Waals surface area contributed by atoms with E-state index in [1.807, 2.05) is 31.3 Å². The van der Waals surface area contributed by atoms with E-state index in [0.29, 0.717) is 6.54 Å². The summed E-state index contributed by atoms with van der Waals surface area (Å²) in [5.41, 5.74) is 7.57. The van der Waals surface area contributed by atoms with Crippen molar-refractivity contribution in [1.29, 1.82) is 0 Å². The van der Waals surface area contributed by atoms with Gasteiger partial charge in [0, 0.05) is 20.1 Å². The van der Waals surface area contributed by atoms with E-state index in [2.05, 4.69) is 11.5 Å². The Labute approximate surface area is 91.1 Å². The number of rotatable bonds is 5. The Balaban J connectivity index is 2.80. The Kier molecular flexibility index (Phi) is 4.18. The van der Waals surface area contributed by atoms with Crippen molar-refractivity contribution in [1.82, 2.24) is 0 Å². The van der Waals surface area contributed by atoms with E-state index >= 15 is 0 Å². The third-order valence-corrected chi connectivity index (χ3v) is 2.25. The molecule has 0 aliphatic heterocycles. The monoisotopic (exact) mass is 206 g/mol. The number of nitrogens with two attached hydrogens (primary N) is 1. The van der Waals surface area contributed by atoms with Crippen LogP contribution in [0.2, 0.25) is 0 Å². The van der Waals surface area contributed by atoms with E-state index < -0.39 is 0 Å². The fraction of sp³-hybridized carbons (Fsp3) is 0.333. The SMILES string of the molecule is C=C(CN)CN(C)c1ccccc1OC. The Bertz CT molecular complexity index is 336. The quantitative estimate of drug-likeness (QED) is 0.744. The van der Waals surface area contributed by atoms with Gasteiger partial charge in [-0.3, -0.25) is 0 Å². The van der Waals surface area contributed by atoms with Crippen molar-refractivity contribution >= 4 is 5.69 Å². The number of para-hydroxylation sites is 2. The summed E-state index contributed by atoms with van der Waals surface area (Å²) in [6, 6.07) is 7.90. The first-order valence-corrected chi connectivity index (χ1v) is 4.90. The van der Waals surface area contributed by atoms with Gasteiger partial charge in [-0.2, -0.15) is 0 Å². The van der Waals surface area contributed by atoms with Crippen LogP contribution in [-0.4, -0.2) is 27.2 Å². The molecular formula is C12H18N2O. The minimum atomic E-state index is 0.513. The van der Waals surface area contributed by atoms with Crippen molar-refractivity contribution in [2.75, 3.05) is 32.1 Å². The van der Waals surface area contributed by atoms with Gasteiger partial charge in [0.05, 0.1) is 12.8 Å². The van der Waals surface area contributed by atoms with Crippen molar-refractivity contribution in [3.05, 3.63) is 36.4 Å². The Morgan fingerprint density at radius 1 is 1.47 bits per heavy atom. The standard InChI is InChI=1S/C12H18N2O/c1-10(8-13)9-14(2)11-6-4-5-7-12(11)15-3/h4-7H,1,8-9,13H2,2-3H3. The lowest BCUT2D eigenvalue weighted by Crippen LogP contribution is -2.23. The molecule has 0 atom stereocenters. The van der Waals surface area contributed by atoms with Crippen molar-refractivity contribution < 1.29 is 4.74 Å². The minimum absolute atomic E-state index is 0.513. The average Bonchev–Trinajstić information content (AvgIpc) is 2.28. The van der Waals surface area contributed by atoms with Crippen LogP contribution in [-0.2, 0) is 0 Å². The van der Waals surface area contributed by atoms with E-state index in [-0.39, 0.29) is 0 Å². The van der Waals surface area contributed by atoms with Crippen molar-refractivity contribution in [2.24, 2.45) is 5.73 Å². The summed E-state index contributed by atoms with van der Waals surface area (Å²) in [5, 5.41) is 0. The van der Waals surface area contributed by atoms with Crippen LogP contribution in [0.5, 0.6) is 5.75 Å². The van der Waals surface area contributed by atoms with Crippen LogP contribution in [0.3, 0.4) is 0 Å². The van der Waals surface area contributed by atoms with Crippen molar-refractivity contribution in [2.45, 2.75) is 0 Å². The zero-order chi connectivity index (χ0) is 11.3. The Morgan fingerprint density at radius 3 is 2.73 bits per heavy atom. The molecule has 3 heteroatoms. The first kappa shape index (κ1) is 11.6. The molecule has 0 amide bonds. The van der Waals surface area contributed by atoms with Gasteiger partial charge in [0.15, 0.2) is 0 Å². The fourth-order valence-corrected chi connectivity index (χ4v) is 1.43. The second-order valence-electron chi connectivity index (χ2n) is 3.48. The number of likely N-dealkylation sites (N-methyl/N-ethyl adjacent to an activating group) is 1. The van der Waals surface area contributed by atoms with E-state index in [4.69, 9.17) is 10.5 Å². The summed E-state index contributed by atoms with van der Waals surface area (Å²) in [4.78, 5) is 2.08. The van der Waals surface area contributed by atoms with E-state index in [1.54, 1.807) is 7.11 Å². The van der Waals surface area contributed by atoms with E-state index in [9.17, 15) is 0 Å². The highest BCUT2D eigenvalue weighted by Gasteiger charge is 2.07. The predicted molar refractivity (Wildman–Crippen MR) is 64.5 cm³/mol. The molecule has 15 heavy (non-hydrogen) atoms. The molecular weight excluding hydrogens is 188 g/mol. The highest BCUT2D eigenvalue weighted by Crippen LogP contribution is 2.26. The third-order valence-electron chi connectivity index (χ3n) is 2.25. The number of benzene rings is 1. The molecule has 82 valence electrons. The van der Waals surface area contributed by atoms with Crippen molar-refractivity contribution in [3.8, 4) is 5.75 Å². The number of hydrogen-bond donors (Lipinski definition) is 1. The highest BCUT2D eigenvalue weighted by molar-refractivity contribution is 5.58. The number of hydrogen-bond acceptors (Lipinski definition) is 3. The van der Waals surface area contributed by atoms with Crippen molar-refractivity contribution in [3.63, 3.8) is 0 Å². The fourth-order valence-electron chi connectivity index (χ4n) is 1.43. The molecule has 2 N–H and O–H groups in total. The Morgan fingerprint density at radius 2 is 2.13 bits per heavy atom. The van der Waals surface area contributed by atoms with Gasteiger partial charge < -0.3 is 15.4 Å². The lowest BCUT2D eigenvalue weighted by molar-refractivity contribution is 0.415. The summed E-state index contributed by atoms with van der Waals surface area (Å²) in [5.74, 6) is 0.866. The molecule has 0 saturated carbocycles. The number of anilines is 1. The minimum Gasteiger partial charge on any atom is -0.495 e. The second kappa shape index (κ2) is 5.41. The van der Waals surface area contributed by atoms with Gasteiger partial charge in [-0.25, -0.2) is 0 Å². The number of methoxy groups -OCH3 is 1. The maximum atomic E-state index is 5.51. The van der Waals surface area contributed by atoms with E-state index in [0.717, 1.165) is 23.6 Å². The summed E-state index contributed by atoms with van der Waals surface area (Å²) < 4.78 is 5.28. The lowest BCUT2D eigenvalue weighted by atomic mass is 10.2. The molecule has 0 radical (unpaired) electrons. The predicted octanol–water partition coefficient (Wildman–Crippen LogP) is 1.65. The topological polar surface area (TPSA) is 38.5 Å². The molecule has 3 nitrogen and oxygen atoms in total. The maximum Gasteiger partial charge on any atom is 0.142 e. The van der Waals surface area contributed by atoms with Crippen LogP contribution in [0.25, 0.3) is 0 Å². The number of ether oxygens (including phenoxy) is 1. The van der Waals surface area contributed by atoms with Crippen LogP contribution < -0.4 is 15.4 Å². The largest absolute Gasteiger partial charge is 0.495 e. The molecule has 1 rings (SSSR count). The van der Waals surface area contributed by atoms with Crippen LogP contribution in [0.15, 0.2) is 36.4 Å². The molecule has 0 aliphatic carbocycles. The van der Waals surface area contributed by atoms with Gasteiger partial charge in [0.1, 0.15) is 5.75 Å². The summed E-state index contributed by atoms with van der Waals surface area (Å²) in [7, 11) is 3.67. The van der Waals surface area contributed by atoms with Crippen LogP contribution in [0.1, 0.15) is 0 Å². The highest BCUT2D eigenvalue weighted by atomic mass is 16.5. The zero-order valence-corrected chi connectivity index (χ0v) is 9.36. The van der Waals surface area contributed by atoms with Crippen LogP contribution in [0, 0.1) is 0 Å². The molecule has 0 spiro atoms. The van der Waals surface area contributed by atoms with Gasteiger partial charge in [0.2, 0.25) is 0 Å². The van der Waals surface area contributed by atoms with E-state index in [1.165, 1.54) is 0 Å². The molecule has 0 saturated heterocycles.